The van der Waals surface area contributed by atoms with E-state index >= 15 is 0 Å². The highest BCUT2D eigenvalue weighted by Crippen LogP contribution is 2.33. The Bertz CT molecular complexity index is 1090. The summed E-state index contributed by atoms with van der Waals surface area (Å²) in [4.78, 5) is 25.6. The number of halogens is 3. The molecule has 0 atom stereocenters. The minimum absolute atomic E-state index is 0.305. The average molecular weight is 477 g/mol. The third kappa shape index (κ3) is 6.15. The number of hydrogen-bond acceptors (Lipinski definition) is 9. The van der Waals surface area contributed by atoms with Crippen LogP contribution in [0.15, 0.2) is 97.7 Å². The van der Waals surface area contributed by atoms with E-state index in [-0.39, 0.29) is 0 Å². The number of nitrogens with zero attached hydrogens (tertiary/aromatic N) is 6. The highest BCUT2D eigenvalue weighted by molar-refractivity contribution is 8.00. The zero-order valence-electron chi connectivity index (χ0n) is 15.4. The van der Waals surface area contributed by atoms with Crippen LogP contribution in [0.3, 0.4) is 0 Å². The van der Waals surface area contributed by atoms with Gasteiger partial charge in [-0.15, -0.1) is 0 Å². The zero-order valence-corrected chi connectivity index (χ0v) is 17.8. The Kier molecular flexibility index (Phi) is 6.68. The summed E-state index contributed by atoms with van der Waals surface area (Å²) in [5, 5.41) is 2.85. The van der Waals surface area contributed by atoms with Crippen LogP contribution in [0.5, 0.6) is 0 Å². The molecule has 4 heterocycles. The van der Waals surface area contributed by atoms with Gasteiger partial charge in [-0.2, -0.15) is 28.1 Å². The Balaban J connectivity index is 1.62. The van der Waals surface area contributed by atoms with Gasteiger partial charge in [0.15, 0.2) is 15.5 Å². The maximum atomic E-state index is 12.8. The molecule has 0 unspecified atom stereocenters. The van der Waals surface area contributed by atoms with Crippen molar-refractivity contribution in [1.82, 2.24) is 29.9 Å². The first kappa shape index (κ1) is 21.5. The van der Waals surface area contributed by atoms with Crippen molar-refractivity contribution in [2.75, 3.05) is 0 Å². The van der Waals surface area contributed by atoms with Gasteiger partial charge in [0.2, 0.25) is 0 Å². The van der Waals surface area contributed by atoms with Gasteiger partial charge in [0.25, 0.3) is 0 Å². The Labute approximate surface area is 187 Å². The fourth-order valence-corrected chi connectivity index (χ4v) is 4.45. The number of hydrogen-bond donors (Lipinski definition) is 0. The van der Waals surface area contributed by atoms with Crippen LogP contribution in [-0.4, -0.2) is 29.9 Å². The quantitative estimate of drug-likeness (QED) is 0.357. The topological polar surface area (TPSA) is 77.3 Å². The molecule has 0 radical (unpaired) electrons. The Morgan fingerprint density at radius 2 is 1.06 bits per heavy atom. The summed E-state index contributed by atoms with van der Waals surface area (Å²) in [6, 6.07) is 13.2. The molecule has 12 heteroatoms. The lowest BCUT2D eigenvalue weighted by Gasteiger charge is -2.07. The van der Waals surface area contributed by atoms with Gasteiger partial charge in [-0.3, -0.25) is 0 Å². The van der Waals surface area contributed by atoms with E-state index in [2.05, 4.69) is 29.9 Å². The van der Waals surface area contributed by atoms with E-state index in [0.717, 1.165) is 24.0 Å². The summed E-state index contributed by atoms with van der Waals surface area (Å²) in [6.07, 6.45) is -0.331. The second kappa shape index (κ2) is 9.62. The van der Waals surface area contributed by atoms with Crippen LogP contribution in [0.25, 0.3) is 0 Å². The van der Waals surface area contributed by atoms with Gasteiger partial charge in [0, 0.05) is 18.6 Å². The van der Waals surface area contributed by atoms with E-state index in [4.69, 9.17) is 0 Å². The second-order valence-electron chi connectivity index (χ2n) is 5.71. The van der Waals surface area contributed by atoms with Crippen LogP contribution in [-0.2, 0) is 6.18 Å². The van der Waals surface area contributed by atoms with Gasteiger partial charge in [0.1, 0.15) is 15.1 Å². The van der Waals surface area contributed by atoms with E-state index in [0.29, 0.717) is 30.5 Å². The maximum absolute atomic E-state index is 12.8. The fraction of sp³-hybridized carbons (Fsp3) is 0.0526. The molecular weight excluding hydrogens is 465 g/mol. The van der Waals surface area contributed by atoms with E-state index in [1.165, 1.54) is 29.6 Å². The van der Waals surface area contributed by atoms with Crippen LogP contribution in [0.1, 0.15) is 5.56 Å². The van der Waals surface area contributed by atoms with Crippen LogP contribution in [0.2, 0.25) is 0 Å². The first-order valence-corrected chi connectivity index (χ1v) is 11.1. The summed E-state index contributed by atoms with van der Waals surface area (Å²) < 4.78 is 38.3. The molecule has 0 aliphatic heterocycles. The van der Waals surface area contributed by atoms with Crippen molar-refractivity contribution >= 4 is 35.3 Å². The molecule has 6 nitrogen and oxygen atoms in total. The smallest absolute Gasteiger partial charge is 0.249 e. The van der Waals surface area contributed by atoms with E-state index in [1.807, 2.05) is 24.3 Å². The molecule has 0 amide bonds. The second-order valence-corrected chi connectivity index (χ2v) is 8.67. The minimum atomic E-state index is -4.44. The molecular formula is C19H11F3N6S3. The van der Waals surface area contributed by atoms with Crippen molar-refractivity contribution in [2.45, 2.75) is 36.7 Å². The molecule has 0 aliphatic carbocycles. The summed E-state index contributed by atoms with van der Waals surface area (Å²) in [6.45, 7) is 0. The molecule has 0 fully saturated rings. The van der Waals surface area contributed by atoms with Gasteiger partial charge in [0.05, 0.1) is 5.56 Å². The molecule has 4 aromatic rings. The van der Waals surface area contributed by atoms with Gasteiger partial charge in [-0.1, -0.05) is 12.1 Å². The predicted molar refractivity (Wildman–Crippen MR) is 110 cm³/mol. The Morgan fingerprint density at radius 3 is 1.42 bits per heavy atom. The van der Waals surface area contributed by atoms with Crippen LogP contribution in [0, 0.1) is 0 Å². The molecule has 0 saturated carbocycles. The molecule has 0 N–H and O–H groups in total. The number of rotatable bonds is 6. The molecule has 0 aromatic carbocycles. The van der Waals surface area contributed by atoms with Crippen molar-refractivity contribution in [2.24, 2.45) is 0 Å². The highest BCUT2D eigenvalue weighted by atomic mass is 32.2. The van der Waals surface area contributed by atoms with E-state index in [9.17, 15) is 13.2 Å². The van der Waals surface area contributed by atoms with Gasteiger partial charge < -0.3 is 0 Å². The molecule has 0 aliphatic rings. The largest absolute Gasteiger partial charge is 0.417 e. The Morgan fingerprint density at radius 1 is 0.581 bits per heavy atom. The van der Waals surface area contributed by atoms with Crippen LogP contribution in [0.4, 0.5) is 13.2 Å². The SMILES string of the molecule is FC(F)(F)c1ccc(Sc2nc(Sc3ccccn3)nc(Sc3ccccn3)n2)nc1. The Hall–Kier alpha value is -2.70. The highest BCUT2D eigenvalue weighted by Gasteiger charge is 2.30. The van der Waals surface area contributed by atoms with Crippen molar-refractivity contribution in [3.05, 3.63) is 72.7 Å². The van der Waals surface area contributed by atoms with Crippen LogP contribution < -0.4 is 0 Å². The monoisotopic (exact) mass is 476 g/mol. The molecule has 0 saturated heterocycles. The number of aromatic nitrogens is 6. The minimum Gasteiger partial charge on any atom is -0.249 e. The molecule has 0 bridgehead atoms. The summed E-state index contributed by atoms with van der Waals surface area (Å²) >= 11 is 3.55. The first-order chi connectivity index (χ1) is 15.0. The molecule has 31 heavy (non-hydrogen) atoms. The van der Waals surface area contributed by atoms with Gasteiger partial charge in [-0.25, -0.2) is 15.0 Å². The third-order valence-corrected chi connectivity index (χ3v) is 5.95. The molecule has 156 valence electrons. The lowest BCUT2D eigenvalue weighted by atomic mass is 10.3. The molecule has 4 rings (SSSR count). The average Bonchev–Trinajstić information content (AvgIpc) is 2.75. The van der Waals surface area contributed by atoms with Gasteiger partial charge in [-0.05, 0) is 71.7 Å². The summed E-state index contributed by atoms with van der Waals surface area (Å²) in [7, 11) is 0. The molecule has 4 aromatic heterocycles. The third-order valence-electron chi connectivity index (χ3n) is 3.50. The summed E-state index contributed by atoms with van der Waals surface area (Å²) in [5.74, 6) is 0. The van der Waals surface area contributed by atoms with E-state index in [1.54, 1.807) is 24.5 Å². The van der Waals surface area contributed by atoms with Gasteiger partial charge >= 0.3 is 6.18 Å². The zero-order chi connectivity index (χ0) is 21.7. The lowest BCUT2D eigenvalue weighted by Crippen LogP contribution is -2.05. The number of pyridine rings is 3. The van der Waals surface area contributed by atoms with Crippen LogP contribution >= 0.6 is 35.3 Å². The molecule has 0 spiro atoms. The number of alkyl halides is 3. The normalized spacial score (nSPS) is 11.5. The lowest BCUT2D eigenvalue weighted by molar-refractivity contribution is -0.137. The first-order valence-electron chi connectivity index (χ1n) is 8.61. The summed E-state index contributed by atoms with van der Waals surface area (Å²) in [5.41, 5.74) is -0.815. The van der Waals surface area contributed by atoms with Crippen molar-refractivity contribution in [3.63, 3.8) is 0 Å². The maximum Gasteiger partial charge on any atom is 0.417 e. The van der Waals surface area contributed by atoms with Crippen molar-refractivity contribution in [3.8, 4) is 0 Å². The standard InChI is InChI=1S/C19H11F3N6S3/c20-19(21,22)12-7-8-15(25-11-12)31-18-27-16(29-13-5-1-3-9-23-13)26-17(28-18)30-14-6-2-4-10-24-14/h1-11H. The van der Waals surface area contributed by atoms with E-state index < -0.39 is 11.7 Å². The fourth-order valence-electron chi connectivity index (χ4n) is 2.16. The predicted octanol–water partition coefficient (Wildman–Crippen LogP) is 5.53. The van der Waals surface area contributed by atoms with Crippen molar-refractivity contribution in [1.29, 1.82) is 0 Å². The van der Waals surface area contributed by atoms with Crippen molar-refractivity contribution < 1.29 is 13.2 Å².